The van der Waals surface area contributed by atoms with Crippen LogP contribution in [0.2, 0.25) is 0 Å². The predicted octanol–water partition coefficient (Wildman–Crippen LogP) is 4.04. The summed E-state index contributed by atoms with van der Waals surface area (Å²) in [6.45, 7) is 2.61. The molecule has 0 unspecified atom stereocenters. The smallest absolute Gasteiger partial charge is 0.475 e. The summed E-state index contributed by atoms with van der Waals surface area (Å²) in [5.41, 5.74) is 1.20. The number of aromatic nitrogens is 1. The van der Waals surface area contributed by atoms with Crippen LogP contribution < -0.4 is 0 Å². The van der Waals surface area contributed by atoms with E-state index >= 15 is 0 Å². The van der Waals surface area contributed by atoms with Gasteiger partial charge >= 0.3 is 24.3 Å². The Labute approximate surface area is 203 Å². The highest BCUT2D eigenvalue weighted by Crippen LogP contribution is 2.36. The molecule has 8 nitrogen and oxygen atoms in total. The molecule has 3 heterocycles. The van der Waals surface area contributed by atoms with Crippen molar-refractivity contribution in [1.82, 2.24) is 9.88 Å². The maximum atomic E-state index is 10.6. The number of hydrogen-bond donors (Lipinski definition) is 2. The fourth-order valence-corrected chi connectivity index (χ4v) is 4.43. The molecule has 3 fully saturated rings. The van der Waals surface area contributed by atoms with Crippen molar-refractivity contribution in [2.75, 3.05) is 13.2 Å². The van der Waals surface area contributed by atoms with Gasteiger partial charge in [0.15, 0.2) is 0 Å². The van der Waals surface area contributed by atoms with Crippen molar-refractivity contribution in [3.8, 4) is 0 Å². The van der Waals surface area contributed by atoms with Crippen LogP contribution in [0.4, 0.5) is 26.3 Å². The summed E-state index contributed by atoms with van der Waals surface area (Å²) in [7, 11) is 0. The molecule has 3 aliphatic rings. The van der Waals surface area contributed by atoms with E-state index in [4.69, 9.17) is 29.3 Å². The molecular weight excluding hydrogens is 502 g/mol. The molecule has 1 saturated carbocycles. The second-order valence-electron chi connectivity index (χ2n) is 8.49. The third-order valence-electron chi connectivity index (χ3n) is 6.01. The number of halogens is 6. The van der Waals surface area contributed by atoms with E-state index in [0.717, 1.165) is 19.2 Å². The van der Waals surface area contributed by atoms with Gasteiger partial charge in [-0.1, -0.05) is 12.8 Å². The molecule has 2 aliphatic heterocycles. The Morgan fingerprint density at radius 3 is 2.00 bits per heavy atom. The minimum absolute atomic E-state index is 0.221. The second-order valence-corrected chi connectivity index (χ2v) is 8.49. The summed E-state index contributed by atoms with van der Waals surface area (Å²) in [6, 6.07) is 5.41. The number of hydrogen-bond acceptors (Lipinski definition) is 6. The average molecular weight is 530 g/mol. The normalized spacial score (nSPS) is 24.7. The lowest BCUT2D eigenvalue weighted by atomic mass is 10.0. The first-order valence-corrected chi connectivity index (χ1v) is 11.3. The molecule has 1 aromatic heterocycles. The number of nitrogens with zero attached hydrogens (tertiary/aromatic N) is 2. The minimum Gasteiger partial charge on any atom is -0.475 e. The van der Waals surface area contributed by atoms with Gasteiger partial charge in [-0.25, -0.2) is 9.59 Å². The summed E-state index contributed by atoms with van der Waals surface area (Å²) >= 11 is 0. The van der Waals surface area contributed by atoms with Gasteiger partial charge in [0, 0.05) is 37.6 Å². The van der Waals surface area contributed by atoms with E-state index < -0.39 is 24.3 Å². The van der Waals surface area contributed by atoms with Crippen molar-refractivity contribution in [3.05, 3.63) is 30.1 Å². The number of carboxylic acids is 2. The number of alkyl halides is 6. The zero-order valence-corrected chi connectivity index (χ0v) is 19.2. The molecule has 14 heteroatoms. The van der Waals surface area contributed by atoms with E-state index in [0.29, 0.717) is 12.6 Å². The van der Waals surface area contributed by atoms with Crippen LogP contribution in [0.1, 0.15) is 44.1 Å². The molecule has 36 heavy (non-hydrogen) atoms. The monoisotopic (exact) mass is 530 g/mol. The molecule has 0 radical (unpaired) electrons. The standard InChI is InChI=1S/C18H26N2O2.2C2HF3O2/c1-2-5-15(4-1)20-12-17(18-16(20)6-3-11-21-18)22-13-14-7-9-19-10-8-14;2*3-2(4,5)1(6)7/h7-10,15-18H,1-6,11-13H2;2*(H,6,7)/t16-,17-,18+;;/m1../s1. The van der Waals surface area contributed by atoms with Crippen molar-refractivity contribution in [2.24, 2.45) is 0 Å². The highest BCUT2D eigenvalue weighted by molar-refractivity contribution is 5.73. The molecule has 0 amide bonds. The van der Waals surface area contributed by atoms with Gasteiger partial charge in [0.25, 0.3) is 0 Å². The van der Waals surface area contributed by atoms with E-state index in [2.05, 4.69) is 9.88 Å². The number of pyridine rings is 1. The average Bonchev–Trinajstić information content (AvgIpc) is 3.46. The molecule has 0 spiro atoms. The maximum Gasteiger partial charge on any atom is 0.490 e. The summed E-state index contributed by atoms with van der Waals surface area (Å²) in [4.78, 5) is 24.6. The lowest BCUT2D eigenvalue weighted by molar-refractivity contribution is -0.193. The summed E-state index contributed by atoms with van der Waals surface area (Å²) in [5.74, 6) is -5.51. The van der Waals surface area contributed by atoms with Crippen LogP contribution in [0.25, 0.3) is 0 Å². The van der Waals surface area contributed by atoms with E-state index in [-0.39, 0.29) is 12.2 Å². The van der Waals surface area contributed by atoms with E-state index in [1.165, 1.54) is 44.1 Å². The largest absolute Gasteiger partial charge is 0.490 e. The number of likely N-dealkylation sites (tertiary alicyclic amines) is 1. The first-order chi connectivity index (χ1) is 16.8. The van der Waals surface area contributed by atoms with Gasteiger partial charge in [-0.2, -0.15) is 26.3 Å². The molecule has 1 aromatic rings. The van der Waals surface area contributed by atoms with Gasteiger partial charge in [0.05, 0.1) is 12.7 Å². The topological polar surface area (TPSA) is 109 Å². The summed E-state index contributed by atoms with van der Waals surface area (Å²) in [5, 5.41) is 14.2. The van der Waals surface area contributed by atoms with Crippen LogP contribution in [-0.4, -0.2) is 81.8 Å². The number of carboxylic acid groups (broad SMARTS) is 2. The SMILES string of the molecule is O=C(O)C(F)(F)F.O=C(O)C(F)(F)F.c1cc(CO[C@@H]2CN(C3CCCC3)[C@@H]3CCCO[C@@H]32)ccn1. The zero-order chi connectivity index (χ0) is 26.9. The Bertz CT molecular complexity index is 809. The van der Waals surface area contributed by atoms with Crippen LogP contribution in [-0.2, 0) is 25.7 Å². The molecule has 2 saturated heterocycles. The number of ether oxygens (including phenoxy) is 2. The Balaban J connectivity index is 0.000000271. The van der Waals surface area contributed by atoms with Crippen LogP contribution in [0.15, 0.2) is 24.5 Å². The molecule has 204 valence electrons. The first kappa shape index (κ1) is 29.8. The number of carbonyl (C=O) groups is 2. The molecule has 4 rings (SSSR count). The highest BCUT2D eigenvalue weighted by atomic mass is 19.4. The number of aliphatic carboxylic acids is 2. The van der Waals surface area contributed by atoms with Crippen molar-refractivity contribution in [2.45, 2.75) is 81.8 Å². The number of rotatable bonds is 4. The second kappa shape index (κ2) is 13.2. The van der Waals surface area contributed by atoms with Crippen LogP contribution in [0, 0.1) is 0 Å². The fourth-order valence-electron chi connectivity index (χ4n) is 4.43. The Morgan fingerprint density at radius 2 is 1.50 bits per heavy atom. The number of fused-ring (bicyclic) bond motifs is 1. The van der Waals surface area contributed by atoms with E-state index in [1.807, 2.05) is 24.5 Å². The molecule has 1 aliphatic carbocycles. The first-order valence-electron chi connectivity index (χ1n) is 11.3. The third-order valence-corrected chi connectivity index (χ3v) is 6.01. The molecule has 2 N–H and O–H groups in total. The summed E-state index contributed by atoms with van der Waals surface area (Å²) < 4.78 is 75.8. The van der Waals surface area contributed by atoms with Crippen molar-refractivity contribution in [3.63, 3.8) is 0 Å². The van der Waals surface area contributed by atoms with Crippen molar-refractivity contribution >= 4 is 11.9 Å². The lowest BCUT2D eigenvalue weighted by Gasteiger charge is -2.35. The van der Waals surface area contributed by atoms with Gasteiger partial charge in [-0.15, -0.1) is 0 Å². The Hall–Kier alpha value is -2.45. The van der Waals surface area contributed by atoms with Gasteiger partial charge in [0.1, 0.15) is 6.10 Å². The summed E-state index contributed by atoms with van der Waals surface area (Å²) in [6.07, 6.45) is 1.97. The molecule has 0 bridgehead atoms. The zero-order valence-electron chi connectivity index (χ0n) is 19.2. The van der Waals surface area contributed by atoms with Gasteiger partial charge in [-0.3, -0.25) is 9.88 Å². The predicted molar refractivity (Wildman–Crippen MR) is 112 cm³/mol. The van der Waals surface area contributed by atoms with Gasteiger partial charge in [0.2, 0.25) is 0 Å². The minimum atomic E-state index is -5.08. The molecular formula is C22H28F6N2O6. The van der Waals surface area contributed by atoms with Gasteiger partial charge < -0.3 is 19.7 Å². The van der Waals surface area contributed by atoms with Crippen molar-refractivity contribution < 1.29 is 55.6 Å². The Kier molecular flexibility index (Phi) is 10.9. The molecule has 0 aromatic carbocycles. The van der Waals surface area contributed by atoms with Crippen molar-refractivity contribution in [1.29, 1.82) is 0 Å². The third kappa shape index (κ3) is 9.21. The lowest BCUT2D eigenvalue weighted by Crippen LogP contribution is -2.44. The van der Waals surface area contributed by atoms with Crippen LogP contribution in [0.3, 0.4) is 0 Å². The fraction of sp³-hybridized carbons (Fsp3) is 0.682. The molecule has 3 atom stereocenters. The van der Waals surface area contributed by atoms with E-state index in [1.54, 1.807) is 0 Å². The van der Waals surface area contributed by atoms with Gasteiger partial charge in [-0.05, 0) is 43.4 Å². The quantitative estimate of drug-likeness (QED) is 0.562. The van der Waals surface area contributed by atoms with E-state index in [9.17, 15) is 26.3 Å². The van der Waals surface area contributed by atoms with Crippen LogP contribution in [0.5, 0.6) is 0 Å². The maximum absolute atomic E-state index is 10.6. The van der Waals surface area contributed by atoms with Crippen LogP contribution >= 0.6 is 0 Å². The Morgan fingerprint density at radius 1 is 0.972 bits per heavy atom. The highest BCUT2D eigenvalue weighted by Gasteiger charge is 2.47.